The molecular weight excluding hydrogens is 554 g/mol. The van der Waals surface area contributed by atoms with Gasteiger partial charge in [-0.05, 0) is 18.2 Å². The Morgan fingerprint density at radius 3 is 2.06 bits per heavy atom. The summed E-state index contributed by atoms with van der Waals surface area (Å²) in [5.41, 5.74) is 0.0263. The van der Waals surface area contributed by atoms with Crippen LogP contribution in [0.2, 0.25) is 5.02 Å². The van der Waals surface area contributed by atoms with Crippen LogP contribution in [0.5, 0.6) is 5.75 Å². The number of hydrazine groups is 1. The average molecular weight is 574 g/mol. The van der Waals surface area contributed by atoms with Gasteiger partial charge in [-0.15, -0.1) is 16.0 Å². The van der Waals surface area contributed by atoms with E-state index in [4.69, 9.17) is 33.0 Å². The van der Waals surface area contributed by atoms with E-state index in [1.165, 1.54) is 12.1 Å². The zero-order chi connectivity index (χ0) is 23.5. The van der Waals surface area contributed by atoms with Crippen LogP contribution in [0.4, 0.5) is 4.79 Å². The smallest absolute Gasteiger partial charge is 0.404 e. The standard InChI is InChI=1S/C13H20Cl2N3O9PS2.2Na/c1-16(9-10-8-11(15)4-5-12(10)27-28(20,21)22)13(19)18(30(3,25)26)17(7-6-14)29(2,23)24;;/h4-5,8H,6-7,9H2,1-3H3,(H2,20,21,22);;. The van der Waals surface area contributed by atoms with Crippen molar-refractivity contribution in [3.8, 4) is 5.75 Å². The van der Waals surface area contributed by atoms with Gasteiger partial charge in [0.05, 0.1) is 19.1 Å². The van der Waals surface area contributed by atoms with Crippen LogP contribution in [0.1, 0.15) is 5.56 Å². The van der Waals surface area contributed by atoms with Gasteiger partial charge in [-0.25, -0.2) is 26.2 Å². The molecule has 0 saturated carbocycles. The normalized spacial score (nSPS) is 11.9. The van der Waals surface area contributed by atoms with Gasteiger partial charge in [0.2, 0.25) is 10.0 Å². The molecule has 1 aromatic rings. The van der Waals surface area contributed by atoms with Gasteiger partial charge in [-0.1, -0.05) is 16.0 Å². The maximum Gasteiger partial charge on any atom is 0.524 e. The molecule has 174 valence electrons. The third-order valence-corrected chi connectivity index (χ3v) is 6.35. The van der Waals surface area contributed by atoms with Crippen LogP contribution < -0.4 is 4.52 Å². The van der Waals surface area contributed by atoms with Crippen molar-refractivity contribution >= 4 is 116 Å². The Kier molecular flexibility index (Phi) is 15.1. The molecule has 2 radical (unpaired) electrons. The quantitative estimate of drug-likeness (QED) is 0.183. The van der Waals surface area contributed by atoms with E-state index in [9.17, 15) is 26.2 Å². The second-order valence-corrected chi connectivity index (χ2v) is 11.7. The maximum absolute atomic E-state index is 12.8. The Hall–Kier alpha value is 0.880. The predicted molar refractivity (Wildman–Crippen MR) is 121 cm³/mol. The number of phosphoric ester groups is 1. The van der Waals surface area contributed by atoms with Gasteiger partial charge >= 0.3 is 13.9 Å². The van der Waals surface area contributed by atoms with Crippen LogP contribution in [0.25, 0.3) is 0 Å². The van der Waals surface area contributed by atoms with Crippen molar-refractivity contribution in [2.24, 2.45) is 0 Å². The number of amides is 2. The molecular formula is C13H20Cl2N3Na2O9PS2. The number of urea groups is 1. The molecule has 32 heavy (non-hydrogen) atoms. The number of carbonyl (C=O) groups excluding carboxylic acids is 1. The fraction of sp³-hybridized carbons (Fsp3) is 0.462. The second kappa shape index (κ2) is 13.8. The summed E-state index contributed by atoms with van der Waals surface area (Å²) in [6.45, 7) is -0.935. The molecule has 0 aliphatic rings. The summed E-state index contributed by atoms with van der Waals surface area (Å²) in [5.74, 6) is -0.607. The van der Waals surface area contributed by atoms with Crippen molar-refractivity contribution in [1.29, 1.82) is 0 Å². The molecule has 1 aromatic carbocycles. The molecule has 12 nitrogen and oxygen atoms in total. The molecule has 0 aliphatic heterocycles. The molecule has 0 aromatic heterocycles. The van der Waals surface area contributed by atoms with Gasteiger partial charge in [0, 0.05) is 89.2 Å². The van der Waals surface area contributed by atoms with Gasteiger partial charge in [-0.2, -0.15) is 0 Å². The molecule has 19 heteroatoms. The number of phosphoric acid groups is 1. The van der Waals surface area contributed by atoms with Crippen molar-refractivity contribution in [2.75, 3.05) is 32.0 Å². The zero-order valence-corrected chi connectivity index (χ0v) is 26.0. The first kappa shape index (κ1) is 35.0. The fourth-order valence-corrected chi connectivity index (χ4v) is 5.44. The zero-order valence-electron chi connectivity index (χ0n) is 18.0. The minimum Gasteiger partial charge on any atom is -0.404 e. The topological polar surface area (TPSA) is 162 Å². The Labute approximate surface area is 241 Å². The van der Waals surface area contributed by atoms with E-state index in [-0.39, 0.29) is 85.7 Å². The van der Waals surface area contributed by atoms with Crippen LogP contribution >= 0.6 is 31.0 Å². The summed E-state index contributed by atoms with van der Waals surface area (Å²) in [6.07, 6.45) is 1.33. The van der Waals surface area contributed by atoms with Crippen molar-refractivity contribution in [3.05, 3.63) is 28.8 Å². The Bertz CT molecular complexity index is 1060. The summed E-state index contributed by atoms with van der Waals surface area (Å²) < 4.78 is 64.4. The number of benzene rings is 1. The number of nitrogens with zero attached hydrogens (tertiary/aromatic N) is 3. The first-order valence-electron chi connectivity index (χ1n) is 7.80. The molecule has 0 heterocycles. The van der Waals surface area contributed by atoms with Crippen molar-refractivity contribution in [1.82, 2.24) is 13.7 Å². The van der Waals surface area contributed by atoms with Gasteiger partial charge in [0.15, 0.2) is 0 Å². The minimum atomic E-state index is -4.94. The number of hydrogen-bond acceptors (Lipinski definition) is 7. The van der Waals surface area contributed by atoms with Crippen LogP contribution in [0, 0.1) is 0 Å². The number of sulfonamides is 2. The number of halogens is 2. The van der Waals surface area contributed by atoms with Gasteiger partial charge in [0.25, 0.3) is 10.0 Å². The Balaban J connectivity index is 0. The minimum absolute atomic E-state index is 0. The van der Waals surface area contributed by atoms with Crippen molar-refractivity contribution in [3.63, 3.8) is 0 Å². The molecule has 0 bridgehead atoms. The summed E-state index contributed by atoms with van der Waals surface area (Å²) in [4.78, 5) is 31.7. The van der Waals surface area contributed by atoms with E-state index in [0.717, 1.165) is 18.0 Å². The monoisotopic (exact) mass is 573 g/mol. The molecule has 2 amide bonds. The molecule has 0 atom stereocenters. The number of hydrogen-bond donors (Lipinski definition) is 2. The van der Waals surface area contributed by atoms with Crippen LogP contribution in [-0.2, 0) is 31.2 Å². The number of rotatable bonds is 9. The molecule has 0 unspecified atom stereocenters. The number of alkyl halides is 1. The third-order valence-electron chi connectivity index (χ3n) is 3.31. The Morgan fingerprint density at radius 2 is 1.66 bits per heavy atom. The molecule has 2 N–H and O–H groups in total. The average Bonchev–Trinajstić information content (AvgIpc) is 2.53. The van der Waals surface area contributed by atoms with E-state index in [1.54, 1.807) is 0 Å². The first-order valence-corrected chi connectivity index (χ1v) is 13.9. The second-order valence-electron chi connectivity index (χ2n) is 5.98. The number of carbonyl (C=O) groups is 1. The predicted octanol–water partition coefficient (Wildman–Crippen LogP) is 0.279. The summed E-state index contributed by atoms with van der Waals surface area (Å²) >= 11 is 11.4. The van der Waals surface area contributed by atoms with E-state index >= 15 is 0 Å². The van der Waals surface area contributed by atoms with E-state index in [1.807, 2.05) is 0 Å². The van der Waals surface area contributed by atoms with Gasteiger partial charge in [0.1, 0.15) is 5.75 Å². The molecule has 0 aliphatic carbocycles. The SMILES string of the molecule is CN(Cc1cc(Cl)ccc1OP(=O)(O)O)C(=O)N(N(CCCl)S(C)(=O)=O)S(C)(=O)=O.[Na].[Na]. The third kappa shape index (κ3) is 11.1. The van der Waals surface area contributed by atoms with Gasteiger partial charge < -0.3 is 9.42 Å². The van der Waals surface area contributed by atoms with Crippen LogP contribution in [0.3, 0.4) is 0 Å². The molecule has 0 spiro atoms. The molecule has 0 saturated heterocycles. The largest absolute Gasteiger partial charge is 0.524 e. The van der Waals surface area contributed by atoms with Crippen LogP contribution in [0.15, 0.2) is 18.2 Å². The summed E-state index contributed by atoms with van der Waals surface area (Å²) in [7, 11) is -12.4. The van der Waals surface area contributed by atoms with Gasteiger partial charge in [-0.3, -0.25) is 9.79 Å². The summed E-state index contributed by atoms with van der Waals surface area (Å²) in [5, 5.41) is 0.142. The maximum atomic E-state index is 12.8. The Morgan fingerprint density at radius 1 is 1.12 bits per heavy atom. The van der Waals surface area contributed by atoms with Crippen LogP contribution in [-0.4, -0.2) is 137 Å². The first-order chi connectivity index (χ1) is 13.5. The van der Waals surface area contributed by atoms with E-state index in [2.05, 4.69) is 4.52 Å². The van der Waals surface area contributed by atoms with Crippen molar-refractivity contribution in [2.45, 2.75) is 6.54 Å². The molecule has 0 fully saturated rings. The van der Waals surface area contributed by atoms with Crippen molar-refractivity contribution < 1.29 is 40.5 Å². The molecule has 1 rings (SSSR count). The van der Waals surface area contributed by atoms with E-state index < -0.39 is 47.0 Å². The summed E-state index contributed by atoms with van der Waals surface area (Å²) in [6, 6.07) is 2.41. The van der Waals surface area contributed by atoms with E-state index in [0.29, 0.717) is 16.9 Å². The fourth-order valence-electron chi connectivity index (χ4n) is 2.22.